The van der Waals surface area contributed by atoms with Crippen LogP contribution in [0.4, 0.5) is 11.4 Å². The molecule has 100 valence electrons. The van der Waals surface area contributed by atoms with Crippen molar-refractivity contribution in [3.63, 3.8) is 0 Å². The van der Waals surface area contributed by atoms with Crippen molar-refractivity contribution in [3.05, 3.63) is 50.0 Å². The van der Waals surface area contributed by atoms with Crippen LogP contribution in [-0.2, 0) is 6.54 Å². The van der Waals surface area contributed by atoms with Crippen LogP contribution in [0, 0.1) is 24.0 Å². The average Bonchev–Trinajstić information content (AvgIpc) is 2.73. The number of aryl methyl sites for hydroxylation is 2. The highest BCUT2D eigenvalue weighted by atomic mass is 79.9. The lowest BCUT2D eigenvalue weighted by Crippen LogP contribution is -2.02. The van der Waals surface area contributed by atoms with Gasteiger partial charge in [0.1, 0.15) is 5.82 Å². The molecule has 6 nitrogen and oxygen atoms in total. The Kier molecular flexibility index (Phi) is 3.84. The van der Waals surface area contributed by atoms with Crippen molar-refractivity contribution >= 4 is 27.3 Å². The second kappa shape index (κ2) is 5.40. The number of hydrogen-bond acceptors (Lipinski definition) is 4. The topological polar surface area (TPSA) is 83.8 Å². The predicted molar refractivity (Wildman–Crippen MR) is 76.2 cm³/mol. The van der Waals surface area contributed by atoms with E-state index >= 15 is 0 Å². The molecule has 2 aromatic rings. The number of nitro groups is 1. The Morgan fingerprint density at radius 1 is 1.47 bits per heavy atom. The molecule has 0 saturated carbocycles. The summed E-state index contributed by atoms with van der Waals surface area (Å²) in [5.74, 6) is 0.839. The Morgan fingerprint density at radius 3 is 2.79 bits per heavy atom. The lowest BCUT2D eigenvalue weighted by Gasteiger charge is -2.08. The molecule has 2 rings (SSSR count). The third-order valence-corrected chi connectivity index (χ3v) is 3.36. The number of imidazole rings is 1. The number of rotatable bonds is 4. The fourth-order valence-electron chi connectivity index (χ4n) is 1.75. The van der Waals surface area contributed by atoms with Crippen LogP contribution in [0.3, 0.4) is 0 Å². The second-order valence-corrected chi connectivity index (χ2v) is 5.08. The zero-order valence-corrected chi connectivity index (χ0v) is 12.1. The van der Waals surface area contributed by atoms with Crippen molar-refractivity contribution in [2.24, 2.45) is 0 Å². The summed E-state index contributed by atoms with van der Waals surface area (Å²) in [6, 6.07) is 3.27. The minimum Gasteiger partial charge on any atom is -0.378 e. The average molecular weight is 325 g/mol. The molecule has 1 aromatic heterocycles. The van der Waals surface area contributed by atoms with Crippen LogP contribution < -0.4 is 5.32 Å². The van der Waals surface area contributed by atoms with E-state index in [-0.39, 0.29) is 10.6 Å². The van der Waals surface area contributed by atoms with Crippen LogP contribution in [0.15, 0.2) is 22.8 Å². The molecule has 0 fully saturated rings. The highest BCUT2D eigenvalue weighted by molar-refractivity contribution is 9.10. The largest absolute Gasteiger partial charge is 0.378 e. The van der Waals surface area contributed by atoms with Gasteiger partial charge in [-0.1, -0.05) is 0 Å². The molecule has 0 aliphatic rings. The molecule has 0 aliphatic carbocycles. The Balaban J connectivity index is 2.20. The predicted octanol–water partition coefficient (Wildman–Crippen LogP) is 3.31. The molecule has 1 aromatic carbocycles. The highest BCUT2D eigenvalue weighted by Crippen LogP contribution is 2.30. The molecule has 2 N–H and O–H groups in total. The van der Waals surface area contributed by atoms with Crippen LogP contribution in [0.5, 0.6) is 0 Å². The van der Waals surface area contributed by atoms with E-state index < -0.39 is 0 Å². The van der Waals surface area contributed by atoms with Crippen molar-refractivity contribution in [2.45, 2.75) is 20.4 Å². The molecule has 0 atom stereocenters. The number of aromatic amines is 1. The van der Waals surface area contributed by atoms with Gasteiger partial charge in [0.05, 0.1) is 29.0 Å². The van der Waals surface area contributed by atoms with E-state index in [0.29, 0.717) is 17.8 Å². The van der Waals surface area contributed by atoms with E-state index in [2.05, 4.69) is 31.2 Å². The van der Waals surface area contributed by atoms with Gasteiger partial charge in [-0.2, -0.15) is 0 Å². The molecule has 0 aliphatic heterocycles. The number of halogens is 1. The van der Waals surface area contributed by atoms with Gasteiger partial charge in [-0.05, 0) is 35.8 Å². The zero-order chi connectivity index (χ0) is 14.0. The fourth-order valence-corrected chi connectivity index (χ4v) is 2.34. The van der Waals surface area contributed by atoms with Crippen molar-refractivity contribution < 1.29 is 4.92 Å². The molecule has 0 amide bonds. The summed E-state index contributed by atoms with van der Waals surface area (Å²) in [4.78, 5) is 17.7. The Bertz CT molecular complexity index is 624. The van der Waals surface area contributed by atoms with Crippen LogP contribution >= 0.6 is 15.9 Å². The van der Waals surface area contributed by atoms with Gasteiger partial charge in [0, 0.05) is 16.1 Å². The van der Waals surface area contributed by atoms with E-state index in [1.165, 1.54) is 6.07 Å². The van der Waals surface area contributed by atoms with Gasteiger partial charge in [0.2, 0.25) is 0 Å². The first-order valence-corrected chi connectivity index (χ1v) is 6.45. The van der Waals surface area contributed by atoms with Gasteiger partial charge < -0.3 is 10.3 Å². The van der Waals surface area contributed by atoms with Crippen molar-refractivity contribution in [2.75, 3.05) is 5.32 Å². The van der Waals surface area contributed by atoms with Crippen molar-refractivity contribution in [3.8, 4) is 0 Å². The summed E-state index contributed by atoms with van der Waals surface area (Å²) in [7, 11) is 0. The molecule has 0 spiro atoms. The standard InChI is InChI=1S/C12H13BrN4O2/c1-7-3-10(13)11(4-12(7)17(18)19)15-6-9-5-14-8(2)16-9/h3-5,15H,6H2,1-2H3,(H,14,16). The summed E-state index contributed by atoms with van der Waals surface area (Å²) in [5.41, 5.74) is 2.34. The van der Waals surface area contributed by atoms with Gasteiger partial charge in [-0.25, -0.2) is 4.98 Å². The first-order valence-electron chi connectivity index (χ1n) is 5.66. The summed E-state index contributed by atoms with van der Waals surface area (Å²) in [6.45, 7) is 4.11. The van der Waals surface area contributed by atoms with E-state index in [1.807, 2.05) is 6.92 Å². The van der Waals surface area contributed by atoms with Crippen LogP contribution in [0.2, 0.25) is 0 Å². The Hall–Kier alpha value is -1.89. The molecule has 19 heavy (non-hydrogen) atoms. The second-order valence-electron chi connectivity index (χ2n) is 4.22. The van der Waals surface area contributed by atoms with Gasteiger partial charge in [0.25, 0.3) is 5.69 Å². The van der Waals surface area contributed by atoms with Gasteiger partial charge in [-0.3, -0.25) is 10.1 Å². The fraction of sp³-hybridized carbons (Fsp3) is 0.250. The third kappa shape index (κ3) is 3.11. The lowest BCUT2D eigenvalue weighted by atomic mass is 10.2. The molecular formula is C12H13BrN4O2. The maximum absolute atomic E-state index is 10.9. The van der Waals surface area contributed by atoms with Crippen molar-refractivity contribution in [1.29, 1.82) is 0 Å². The summed E-state index contributed by atoms with van der Waals surface area (Å²) >= 11 is 3.40. The normalized spacial score (nSPS) is 10.5. The monoisotopic (exact) mass is 324 g/mol. The van der Waals surface area contributed by atoms with E-state index in [1.54, 1.807) is 19.2 Å². The molecule has 0 unspecified atom stereocenters. The van der Waals surface area contributed by atoms with Gasteiger partial charge >= 0.3 is 0 Å². The number of nitro benzene ring substituents is 1. The van der Waals surface area contributed by atoms with Crippen LogP contribution in [0.25, 0.3) is 0 Å². The maximum atomic E-state index is 10.9. The molecule has 7 heteroatoms. The molecular weight excluding hydrogens is 312 g/mol. The van der Waals surface area contributed by atoms with E-state index in [9.17, 15) is 10.1 Å². The quantitative estimate of drug-likeness (QED) is 0.667. The summed E-state index contributed by atoms with van der Waals surface area (Å²) < 4.78 is 0.798. The highest BCUT2D eigenvalue weighted by Gasteiger charge is 2.14. The van der Waals surface area contributed by atoms with Crippen LogP contribution in [0.1, 0.15) is 17.1 Å². The summed E-state index contributed by atoms with van der Waals surface area (Å²) in [5, 5.41) is 14.1. The Labute approximate surface area is 118 Å². The first kappa shape index (κ1) is 13.5. The molecule has 0 radical (unpaired) electrons. The number of H-pyrrole nitrogens is 1. The number of benzene rings is 1. The molecule has 0 bridgehead atoms. The number of anilines is 1. The minimum absolute atomic E-state index is 0.103. The van der Waals surface area contributed by atoms with E-state index in [4.69, 9.17) is 0 Å². The first-order chi connectivity index (χ1) is 8.97. The smallest absolute Gasteiger partial charge is 0.274 e. The number of nitrogens with zero attached hydrogens (tertiary/aromatic N) is 2. The number of aromatic nitrogens is 2. The third-order valence-electron chi connectivity index (χ3n) is 2.71. The summed E-state index contributed by atoms with van der Waals surface area (Å²) in [6.07, 6.45) is 1.73. The van der Waals surface area contributed by atoms with Crippen molar-refractivity contribution in [1.82, 2.24) is 9.97 Å². The SMILES string of the molecule is Cc1ncc(CNc2cc([N+](=O)[O-])c(C)cc2Br)[nH]1. The van der Waals surface area contributed by atoms with Gasteiger partial charge in [-0.15, -0.1) is 0 Å². The molecule has 0 saturated heterocycles. The lowest BCUT2D eigenvalue weighted by molar-refractivity contribution is -0.385. The Morgan fingerprint density at radius 2 is 2.21 bits per heavy atom. The number of hydrogen-bond donors (Lipinski definition) is 2. The van der Waals surface area contributed by atoms with E-state index in [0.717, 1.165) is 16.0 Å². The maximum Gasteiger partial charge on any atom is 0.274 e. The zero-order valence-electron chi connectivity index (χ0n) is 10.5. The van der Waals surface area contributed by atoms with Gasteiger partial charge in [0.15, 0.2) is 0 Å². The number of nitrogens with one attached hydrogen (secondary N) is 2. The minimum atomic E-state index is -0.382. The van der Waals surface area contributed by atoms with Crippen LogP contribution in [-0.4, -0.2) is 14.9 Å². The molecule has 1 heterocycles.